The number of hydrogen-bond acceptors (Lipinski definition) is 1. The normalized spacial score (nSPS) is 31.8. The second-order valence-corrected chi connectivity index (χ2v) is 2.71. The molecule has 2 nitrogen and oxygen atoms in total. The molecule has 1 fully saturated rings. The smallest absolute Gasteiger partial charge is 0.223 e. The number of carbonyl (C=O) groups is 1. The first-order valence-corrected chi connectivity index (χ1v) is 3.53. The van der Waals surface area contributed by atoms with Crippen LogP contribution in [0.2, 0.25) is 0 Å². The highest BCUT2D eigenvalue weighted by Crippen LogP contribution is 2.37. The third-order valence-electron chi connectivity index (χ3n) is 1.80. The Labute approximate surface area is 55.6 Å². The van der Waals surface area contributed by atoms with E-state index in [0.717, 1.165) is 13.0 Å². The highest BCUT2D eigenvalue weighted by molar-refractivity contribution is 5.81. The Morgan fingerprint density at radius 1 is 1.78 bits per heavy atom. The monoisotopic (exact) mass is 127 g/mol. The van der Waals surface area contributed by atoms with Crippen LogP contribution in [-0.4, -0.2) is 12.5 Å². The second kappa shape index (κ2) is 2.38. The van der Waals surface area contributed by atoms with Crippen LogP contribution in [0.3, 0.4) is 0 Å². The van der Waals surface area contributed by atoms with Gasteiger partial charge in [0.15, 0.2) is 0 Å². The molecule has 0 aromatic rings. The standard InChI is InChI=1S/C7H13NO/c1-3-8-7(9)6-4-5(6)2/h5-6H,3-4H2,1-2H3,(H,8,9)/t5-,6-/m0/s1. The van der Waals surface area contributed by atoms with Gasteiger partial charge < -0.3 is 5.32 Å². The van der Waals surface area contributed by atoms with E-state index in [2.05, 4.69) is 12.2 Å². The number of nitrogens with one attached hydrogen (secondary N) is 1. The second-order valence-electron chi connectivity index (χ2n) is 2.71. The quantitative estimate of drug-likeness (QED) is 0.583. The van der Waals surface area contributed by atoms with Crippen molar-refractivity contribution in [3.05, 3.63) is 0 Å². The summed E-state index contributed by atoms with van der Waals surface area (Å²) in [5.74, 6) is 1.21. The number of carbonyl (C=O) groups excluding carboxylic acids is 1. The lowest BCUT2D eigenvalue weighted by Gasteiger charge is -1.97. The van der Waals surface area contributed by atoms with Gasteiger partial charge in [0, 0.05) is 12.5 Å². The van der Waals surface area contributed by atoms with Crippen molar-refractivity contribution < 1.29 is 4.79 Å². The van der Waals surface area contributed by atoms with E-state index >= 15 is 0 Å². The molecule has 0 aromatic carbocycles. The van der Waals surface area contributed by atoms with Crippen LogP contribution in [0.15, 0.2) is 0 Å². The van der Waals surface area contributed by atoms with E-state index in [1.165, 1.54) is 0 Å². The summed E-state index contributed by atoms with van der Waals surface area (Å²) in [4.78, 5) is 10.9. The average Bonchev–Trinajstić information content (AvgIpc) is 2.47. The summed E-state index contributed by atoms with van der Waals surface area (Å²) in [5.41, 5.74) is 0. The summed E-state index contributed by atoms with van der Waals surface area (Å²) in [6.45, 7) is 4.83. The molecular weight excluding hydrogens is 114 g/mol. The topological polar surface area (TPSA) is 29.1 Å². The van der Waals surface area contributed by atoms with Crippen LogP contribution in [0.1, 0.15) is 20.3 Å². The molecule has 0 unspecified atom stereocenters. The highest BCUT2D eigenvalue weighted by atomic mass is 16.2. The Bertz CT molecular complexity index is 122. The Morgan fingerprint density at radius 2 is 2.33 bits per heavy atom. The van der Waals surface area contributed by atoms with Gasteiger partial charge >= 0.3 is 0 Å². The lowest BCUT2D eigenvalue weighted by molar-refractivity contribution is -0.122. The zero-order valence-electron chi connectivity index (χ0n) is 5.98. The van der Waals surface area contributed by atoms with E-state index in [1.54, 1.807) is 0 Å². The van der Waals surface area contributed by atoms with Gasteiger partial charge in [-0.1, -0.05) is 6.92 Å². The first-order valence-electron chi connectivity index (χ1n) is 3.53. The van der Waals surface area contributed by atoms with Crippen LogP contribution < -0.4 is 5.32 Å². The summed E-state index contributed by atoms with van der Waals surface area (Å²) in [6.07, 6.45) is 1.09. The largest absolute Gasteiger partial charge is 0.356 e. The molecule has 0 spiro atoms. The molecule has 1 aliphatic carbocycles. The Hall–Kier alpha value is -0.530. The Balaban J connectivity index is 2.20. The molecule has 0 heterocycles. The zero-order chi connectivity index (χ0) is 6.85. The maximum absolute atomic E-state index is 10.9. The molecule has 1 saturated carbocycles. The molecule has 0 radical (unpaired) electrons. The Kier molecular flexibility index (Phi) is 1.74. The van der Waals surface area contributed by atoms with Crippen LogP contribution >= 0.6 is 0 Å². The fourth-order valence-electron chi connectivity index (χ4n) is 0.993. The van der Waals surface area contributed by atoms with Gasteiger partial charge in [-0.2, -0.15) is 0 Å². The third-order valence-corrected chi connectivity index (χ3v) is 1.80. The summed E-state index contributed by atoms with van der Waals surface area (Å²) >= 11 is 0. The molecule has 0 saturated heterocycles. The first-order chi connectivity index (χ1) is 4.25. The maximum atomic E-state index is 10.9. The molecule has 9 heavy (non-hydrogen) atoms. The molecular formula is C7H13NO. The summed E-state index contributed by atoms with van der Waals surface area (Å²) in [7, 11) is 0. The highest BCUT2D eigenvalue weighted by Gasteiger charge is 2.38. The van der Waals surface area contributed by atoms with Crippen molar-refractivity contribution in [1.29, 1.82) is 0 Å². The predicted molar refractivity (Wildman–Crippen MR) is 36.0 cm³/mol. The van der Waals surface area contributed by atoms with Crippen LogP contribution in [0.5, 0.6) is 0 Å². The zero-order valence-corrected chi connectivity index (χ0v) is 5.98. The summed E-state index contributed by atoms with van der Waals surface area (Å²) in [5, 5.41) is 2.80. The number of rotatable bonds is 2. The van der Waals surface area contributed by atoms with E-state index in [0.29, 0.717) is 11.8 Å². The molecule has 1 amide bonds. The van der Waals surface area contributed by atoms with E-state index < -0.39 is 0 Å². The fourth-order valence-corrected chi connectivity index (χ4v) is 0.993. The molecule has 0 aromatic heterocycles. The van der Waals surface area contributed by atoms with Crippen molar-refractivity contribution in [2.45, 2.75) is 20.3 Å². The summed E-state index contributed by atoms with van der Waals surface area (Å²) < 4.78 is 0. The van der Waals surface area contributed by atoms with Gasteiger partial charge in [-0.25, -0.2) is 0 Å². The first kappa shape index (κ1) is 6.59. The van der Waals surface area contributed by atoms with Crippen molar-refractivity contribution in [3.8, 4) is 0 Å². The molecule has 1 N–H and O–H groups in total. The minimum absolute atomic E-state index is 0.241. The van der Waals surface area contributed by atoms with Crippen LogP contribution in [0, 0.1) is 11.8 Å². The molecule has 1 aliphatic rings. The van der Waals surface area contributed by atoms with E-state index in [9.17, 15) is 4.79 Å². The van der Waals surface area contributed by atoms with Crippen molar-refractivity contribution in [1.82, 2.24) is 5.32 Å². The molecule has 0 aliphatic heterocycles. The molecule has 2 heteroatoms. The van der Waals surface area contributed by atoms with Gasteiger partial charge in [0.25, 0.3) is 0 Å². The van der Waals surface area contributed by atoms with E-state index in [-0.39, 0.29) is 5.91 Å². The van der Waals surface area contributed by atoms with Crippen LogP contribution in [-0.2, 0) is 4.79 Å². The van der Waals surface area contributed by atoms with Gasteiger partial charge in [0.2, 0.25) is 5.91 Å². The van der Waals surface area contributed by atoms with Crippen LogP contribution in [0.25, 0.3) is 0 Å². The molecule has 52 valence electrons. The van der Waals surface area contributed by atoms with Gasteiger partial charge in [-0.05, 0) is 19.3 Å². The average molecular weight is 127 g/mol. The molecule has 1 rings (SSSR count). The maximum Gasteiger partial charge on any atom is 0.223 e. The van der Waals surface area contributed by atoms with Gasteiger partial charge in [-0.3, -0.25) is 4.79 Å². The van der Waals surface area contributed by atoms with Crippen molar-refractivity contribution >= 4 is 5.91 Å². The minimum Gasteiger partial charge on any atom is -0.356 e. The molecule has 0 bridgehead atoms. The SMILES string of the molecule is CCNC(=O)[C@H]1C[C@@H]1C. The Morgan fingerprint density at radius 3 is 2.67 bits per heavy atom. The number of amides is 1. The van der Waals surface area contributed by atoms with E-state index in [4.69, 9.17) is 0 Å². The predicted octanol–water partition coefficient (Wildman–Crippen LogP) is 0.778. The van der Waals surface area contributed by atoms with Crippen LogP contribution in [0.4, 0.5) is 0 Å². The van der Waals surface area contributed by atoms with Gasteiger partial charge in [0.1, 0.15) is 0 Å². The van der Waals surface area contributed by atoms with Crippen molar-refractivity contribution in [2.24, 2.45) is 11.8 Å². The minimum atomic E-state index is 0.241. The van der Waals surface area contributed by atoms with E-state index in [1.807, 2.05) is 6.92 Å². The van der Waals surface area contributed by atoms with Crippen molar-refractivity contribution in [3.63, 3.8) is 0 Å². The molecule has 2 atom stereocenters. The summed E-state index contributed by atoms with van der Waals surface area (Å²) in [6, 6.07) is 0. The third kappa shape index (κ3) is 1.44. The fraction of sp³-hybridized carbons (Fsp3) is 0.857. The lowest BCUT2D eigenvalue weighted by atomic mass is 10.3. The lowest BCUT2D eigenvalue weighted by Crippen LogP contribution is -2.24. The number of hydrogen-bond donors (Lipinski definition) is 1. The van der Waals surface area contributed by atoms with Gasteiger partial charge in [0.05, 0.1) is 0 Å². The van der Waals surface area contributed by atoms with Gasteiger partial charge in [-0.15, -0.1) is 0 Å². The van der Waals surface area contributed by atoms with Crippen molar-refractivity contribution in [2.75, 3.05) is 6.54 Å².